The predicted octanol–water partition coefficient (Wildman–Crippen LogP) is 0.609. The number of rotatable bonds is 3. The van der Waals surface area contributed by atoms with Gasteiger partial charge in [-0.05, 0) is 26.0 Å². The minimum absolute atomic E-state index is 0.183. The fraction of sp³-hybridized carbons (Fsp3) is 0.308. The summed E-state index contributed by atoms with van der Waals surface area (Å²) in [7, 11) is 0. The van der Waals surface area contributed by atoms with Gasteiger partial charge in [0.05, 0.1) is 11.3 Å². The molecule has 1 heterocycles. The molecule has 0 radical (unpaired) electrons. The molecule has 0 aliphatic carbocycles. The third kappa shape index (κ3) is 2.56. The first-order chi connectivity index (χ1) is 9.40. The van der Waals surface area contributed by atoms with Gasteiger partial charge < -0.3 is 20.5 Å². The Labute approximate surface area is 114 Å². The quantitative estimate of drug-likeness (QED) is 0.751. The average molecular weight is 278 g/mol. The second kappa shape index (κ2) is 5.20. The molecule has 1 aromatic rings. The molecule has 7 nitrogen and oxygen atoms in total. The van der Waals surface area contributed by atoms with E-state index in [-0.39, 0.29) is 17.2 Å². The van der Waals surface area contributed by atoms with Gasteiger partial charge in [0, 0.05) is 0 Å². The highest BCUT2D eigenvalue weighted by atomic mass is 16.5. The first-order valence-electron chi connectivity index (χ1n) is 6.04. The van der Waals surface area contributed by atoms with Crippen molar-refractivity contribution >= 4 is 23.5 Å². The second-order valence-corrected chi connectivity index (χ2v) is 4.46. The number of ether oxygens (including phenoxy) is 1. The van der Waals surface area contributed by atoms with E-state index in [1.165, 1.54) is 13.0 Å². The van der Waals surface area contributed by atoms with Gasteiger partial charge in [-0.15, -0.1) is 0 Å². The van der Waals surface area contributed by atoms with Crippen LogP contribution >= 0.6 is 0 Å². The normalized spacial score (nSPS) is 18.3. The summed E-state index contributed by atoms with van der Waals surface area (Å²) in [5, 5.41) is 13.8. The van der Waals surface area contributed by atoms with E-state index >= 15 is 0 Å². The Kier molecular flexibility index (Phi) is 3.60. The van der Waals surface area contributed by atoms with Crippen LogP contribution in [0.4, 0.5) is 5.69 Å². The molecular formula is C13H14N2O5. The molecule has 20 heavy (non-hydrogen) atoms. The van der Waals surface area contributed by atoms with Crippen molar-refractivity contribution in [3.8, 4) is 5.75 Å². The molecule has 7 heteroatoms. The number of aliphatic carboxylic acids is 1. The van der Waals surface area contributed by atoms with Gasteiger partial charge in [-0.2, -0.15) is 0 Å². The van der Waals surface area contributed by atoms with Crippen molar-refractivity contribution in [2.75, 3.05) is 5.32 Å². The van der Waals surface area contributed by atoms with Crippen molar-refractivity contribution in [1.29, 1.82) is 0 Å². The van der Waals surface area contributed by atoms with Gasteiger partial charge >= 0.3 is 5.97 Å². The van der Waals surface area contributed by atoms with Gasteiger partial charge in [-0.1, -0.05) is 6.07 Å². The van der Waals surface area contributed by atoms with Crippen LogP contribution in [0.5, 0.6) is 5.75 Å². The molecule has 0 spiro atoms. The molecule has 0 aromatic heterocycles. The Bertz CT molecular complexity index is 584. The number of benzene rings is 1. The summed E-state index contributed by atoms with van der Waals surface area (Å²) in [5.41, 5.74) is 0.575. The van der Waals surface area contributed by atoms with E-state index in [1.807, 2.05) is 0 Å². The monoisotopic (exact) mass is 278 g/mol. The molecular weight excluding hydrogens is 264 g/mol. The number of carbonyl (C=O) groups is 3. The first kappa shape index (κ1) is 13.9. The lowest BCUT2D eigenvalue weighted by atomic mass is 10.1. The zero-order valence-corrected chi connectivity index (χ0v) is 11.0. The summed E-state index contributed by atoms with van der Waals surface area (Å²) in [6.07, 6.45) is -0.714. The van der Waals surface area contributed by atoms with Crippen molar-refractivity contribution in [3.05, 3.63) is 23.8 Å². The van der Waals surface area contributed by atoms with Gasteiger partial charge in [0.1, 0.15) is 6.04 Å². The Morgan fingerprint density at radius 2 is 2.15 bits per heavy atom. The van der Waals surface area contributed by atoms with Crippen LogP contribution in [0.1, 0.15) is 24.2 Å². The van der Waals surface area contributed by atoms with Crippen LogP contribution in [0.3, 0.4) is 0 Å². The Morgan fingerprint density at radius 1 is 1.45 bits per heavy atom. The third-order valence-electron chi connectivity index (χ3n) is 2.90. The highest BCUT2D eigenvalue weighted by Crippen LogP contribution is 2.33. The van der Waals surface area contributed by atoms with Crippen LogP contribution in [-0.4, -0.2) is 35.0 Å². The van der Waals surface area contributed by atoms with Gasteiger partial charge in [0.2, 0.25) is 0 Å². The number of amides is 2. The van der Waals surface area contributed by atoms with Crippen molar-refractivity contribution in [1.82, 2.24) is 5.32 Å². The molecule has 2 unspecified atom stereocenters. The van der Waals surface area contributed by atoms with E-state index in [9.17, 15) is 14.4 Å². The predicted molar refractivity (Wildman–Crippen MR) is 69.7 cm³/mol. The van der Waals surface area contributed by atoms with Crippen molar-refractivity contribution in [2.24, 2.45) is 0 Å². The maximum atomic E-state index is 12.1. The molecule has 0 fully saturated rings. The fourth-order valence-electron chi connectivity index (χ4n) is 1.74. The lowest BCUT2D eigenvalue weighted by Crippen LogP contribution is -2.40. The summed E-state index contributed by atoms with van der Waals surface area (Å²) >= 11 is 0. The van der Waals surface area contributed by atoms with E-state index in [0.29, 0.717) is 5.69 Å². The highest BCUT2D eigenvalue weighted by molar-refractivity contribution is 6.04. The van der Waals surface area contributed by atoms with E-state index < -0.39 is 24.0 Å². The molecule has 1 aliphatic heterocycles. The highest BCUT2D eigenvalue weighted by Gasteiger charge is 2.28. The summed E-state index contributed by atoms with van der Waals surface area (Å²) < 4.78 is 5.42. The Hall–Kier alpha value is -2.57. The van der Waals surface area contributed by atoms with Crippen molar-refractivity contribution < 1.29 is 24.2 Å². The molecule has 3 N–H and O–H groups in total. The topological polar surface area (TPSA) is 105 Å². The van der Waals surface area contributed by atoms with Gasteiger partial charge in [-0.25, -0.2) is 0 Å². The SMILES string of the molecule is CC(NC(=O)c1cccc2c1OC(C)C(=O)N2)C(=O)O. The van der Waals surface area contributed by atoms with E-state index in [4.69, 9.17) is 9.84 Å². The number of hydrogen-bond acceptors (Lipinski definition) is 4. The fourth-order valence-corrected chi connectivity index (χ4v) is 1.74. The molecule has 1 aliphatic rings. The lowest BCUT2D eigenvalue weighted by Gasteiger charge is -2.25. The van der Waals surface area contributed by atoms with Crippen molar-refractivity contribution in [2.45, 2.75) is 26.0 Å². The van der Waals surface area contributed by atoms with Crippen LogP contribution in [0.25, 0.3) is 0 Å². The van der Waals surface area contributed by atoms with E-state index in [0.717, 1.165) is 0 Å². The number of para-hydroxylation sites is 1. The van der Waals surface area contributed by atoms with Gasteiger partial charge in [-0.3, -0.25) is 14.4 Å². The number of carboxylic acids is 1. The Morgan fingerprint density at radius 3 is 2.80 bits per heavy atom. The minimum Gasteiger partial charge on any atom is -0.480 e. The number of nitrogens with one attached hydrogen (secondary N) is 2. The van der Waals surface area contributed by atoms with Crippen LogP contribution in [0.2, 0.25) is 0 Å². The van der Waals surface area contributed by atoms with E-state index in [2.05, 4.69) is 10.6 Å². The summed E-state index contributed by atoms with van der Waals surface area (Å²) in [5.74, 6) is -1.76. The second-order valence-electron chi connectivity index (χ2n) is 4.46. The van der Waals surface area contributed by atoms with Crippen LogP contribution in [0, 0.1) is 0 Å². The third-order valence-corrected chi connectivity index (χ3v) is 2.90. The smallest absolute Gasteiger partial charge is 0.325 e. The molecule has 0 bridgehead atoms. The van der Waals surface area contributed by atoms with Crippen LogP contribution in [-0.2, 0) is 9.59 Å². The molecule has 0 saturated heterocycles. The summed E-state index contributed by atoms with van der Waals surface area (Å²) in [4.78, 5) is 34.3. The summed E-state index contributed by atoms with van der Waals surface area (Å²) in [6, 6.07) is 3.68. The number of carboxylic acid groups (broad SMARTS) is 1. The maximum absolute atomic E-state index is 12.1. The number of carbonyl (C=O) groups excluding carboxylic acids is 2. The molecule has 2 atom stereocenters. The van der Waals surface area contributed by atoms with Crippen molar-refractivity contribution in [3.63, 3.8) is 0 Å². The average Bonchev–Trinajstić information content (AvgIpc) is 2.39. The first-order valence-corrected chi connectivity index (χ1v) is 6.04. The molecule has 2 rings (SSSR count). The molecule has 1 aromatic carbocycles. The van der Waals surface area contributed by atoms with Crippen LogP contribution < -0.4 is 15.4 Å². The zero-order valence-electron chi connectivity index (χ0n) is 11.0. The van der Waals surface area contributed by atoms with Crippen LogP contribution in [0.15, 0.2) is 18.2 Å². The molecule has 106 valence electrons. The Balaban J connectivity index is 2.30. The zero-order chi connectivity index (χ0) is 14.9. The lowest BCUT2D eigenvalue weighted by molar-refractivity contribution is -0.138. The standard InChI is InChI=1S/C13H14N2O5/c1-6(13(18)19)14-12(17)8-4-3-5-9-10(8)20-7(2)11(16)15-9/h3-7H,1-2H3,(H,14,17)(H,15,16)(H,18,19). The van der Waals surface area contributed by atoms with Gasteiger partial charge in [0.15, 0.2) is 11.9 Å². The summed E-state index contributed by atoms with van der Waals surface area (Å²) in [6.45, 7) is 2.92. The molecule has 2 amide bonds. The maximum Gasteiger partial charge on any atom is 0.325 e. The van der Waals surface area contributed by atoms with Gasteiger partial charge in [0.25, 0.3) is 11.8 Å². The molecule has 0 saturated carbocycles. The minimum atomic E-state index is -1.13. The van der Waals surface area contributed by atoms with E-state index in [1.54, 1.807) is 19.1 Å². The number of hydrogen-bond donors (Lipinski definition) is 3. The largest absolute Gasteiger partial charge is 0.480 e. The number of anilines is 1. The number of fused-ring (bicyclic) bond motifs is 1.